The van der Waals surface area contributed by atoms with Crippen molar-refractivity contribution in [2.75, 3.05) is 13.2 Å². The number of carbonyl (C=O) groups excluding carboxylic acids is 1. The molecule has 74 valence electrons. The van der Waals surface area contributed by atoms with Gasteiger partial charge in [0.05, 0.1) is 19.1 Å². The minimum Gasteiger partial charge on any atom is -0.460 e. The molecule has 1 aliphatic heterocycles. The average Bonchev–Trinajstić information content (AvgIpc) is 2.53. The molecule has 3 nitrogen and oxygen atoms in total. The molecule has 13 heavy (non-hydrogen) atoms. The number of hydrogen-bond donors (Lipinski definition) is 0. The summed E-state index contributed by atoms with van der Waals surface area (Å²) in [5.41, 5.74) is -0.173. The summed E-state index contributed by atoms with van der Waals surface area (Å²) in [7, 11) is 0. The van der Waals surface area contributed by atoms with Crippen LogP contribution >= 0.6 is 0 Å². The van der Waals surface area contributed by atoms with Crippen molar-refractivity contribution in [1.82, 2.24) is 0 Å². The molecule has 0 bridgehead atoms. The van der Waals surface area contributed by atoms with E-state index in [1.165, 1.54) is 0 Å². The van der Waals surface area contributed by atoms with Gasteiger partial charge in [-0.15, -0.1) is 0 Å². The Bertz CT molecular complexity index is 235. The molecule has 3 heteroatoms. The normalized spacial score (nSPS) is 29.6. The van der Waals surface area contributed by atoms with Gasteiger partial charge < -0.3 is 9.47 Å². The Hall–Kier alpha value is -0.570. The molecule has 2 fully saturated rings. The van der Waals surface area contributed by atoms with Crippen LogP contribution in [-0.4, -0.2) is 24.8 Å². The van der Waals surface area contributed by atoms with E-state index < -0.39 is 0 Å². The second kappa shape index (κ2) is 2.47. The van der Waals surface area contributed by atoms with Crippen molar-refractivity contribution in [2.24, 2.45) is 11.3 Å². The van der Waals surface area contributed by atoms with Gasteiger partial charge in [-0.3, -0.25) is 4.79 Å². The maximum Gasteiger partial charge on any atom is 0.310 e. The van der Waals surface area contributed by atoms with Gasteiger partial charge in [0.1, 0.15) is 5.60 Å². The van der Waals surface area contributed by atoms with Crippen LogP contribution in [0.4, 0.5) is 0 Å². The van der Waals surface area contributed by atoms with E-state index in [0.29, 0.717) is 0 Å². The minimum absolute atomic E-state index is 0.0456. The third-order valence-electron chi connectivity index (χ3n) is 2.66. The third-order valence-corrected chi connectivity index (χ3v) is 2.66. The largest absolute Gasteiger partial charge is 0.460 e. The van der Waals surface area contributed by atoms with E-state index in [4.69, 9.17) is 9.47 Å². The summed E-state index contributed by atoms with van der Waals surface area (Å²) >= 11 is 0. The Kier molecular flexibility index (Phi) is 1.71. The molecular weight excluding hydrogens is 168 g/mol. The molecule has 1 spiro atoms. The lowest BCUT2D eigenvalue weighted by molar-refractivity contribution is -0.161. The molecule has 0 aromatic rings. The van der Waals surface area contributed by atoms with Crippen LogP contribution in [0.2, 0.25) is 0 Å². The zero-order valence-corrected chi connectivity index (χ0v) is 8.42. The molecular formula is C10H16O3. The standard InChI is InChI=1S/C10H16O3/c1-9(2,3)13-8(11)7-4-10(7)5-12-6-10/h7H,4-6H2,1-3H3. The molecule has 1 atom stereocenters. The van der Waals surface area contributed by atoms with Crippen molar-refractivity contribution in [3.63, 3.8) is 0 Å². The van der Waals surface area contributed by atoms with Gasteiger partial charge in [0.2, 0.25) is 0 Å². The second-order valence-electron chi connectivity index (χ2n) is 5.15. The van der Waals surface area contributed by atoms with Gasteiger partial charge in [-0.25, -0.2) is 0 Å². The molecule has 0 aromatic carbocycles. The van der Waals surface area contributed by atoms with E-state index >= 15 is 0 Å². The zero-order valence-electron chi connectivity index (χ0n) is 8.42. The van der Waals surface area contributed by atoms with Crippen LogP contribution in [0.15, 0.2) is 0 Å². The topological polar surface area (TPSA) is 35.5 Å². The summed E-state index contributed by atoms with van der Waals surface area (Å²) in [6.07, 6.45) is 0.960. The molecule has 0 N–H and O–H groups in total. The van der Waals surface area contributed by atoms with E-state index in [1.807, 2.05) is 20.8 Å². The highest BCUT2D eigenvalue weighted by Gasteiger charge is 2.64. The highest BCUT2D eigenvalue weighted by molar-refractivity contribution is 5.77. The molecule has 1 saturated heterocycles. The Morgan fingerprint density at radius 3 is 2.38 bits per heavy atom. The van der Waals surface area contributed by atoms with Gasteiger partial charge in [0.15, 0.2) is 0 Å². The second-order valence-corrected chi connectivity index (χ2v) is 5.15. The van der Waals surface area contributed by atoms with Gasteiger partial charge in [0.25, 0.3) is 0 Å². The molecule has 2 aliphatic rings. The van der Waals surface area contributed by atoms with Gasteiger partial charge in [-0.1, -0.05) is 0 Å². The van der Waals surface area contributed by atoms with Gasteiger partial charge in [-0.2, -0.15) is 0 Å². The Morgan fingerprint density at radius 1 is 1.46 bits per heavy atom. The minimum atomic E-state index is -0.356. The van der Waals surface area contributed by atoms with Crippen LogP contribution in [0.5, 0.6) is 0 Å². The molecule has 1 unspecified atom stereocenters. The summed E-state index contributed by atoms with van der Waals surface area (Å²) < 4.78 is 10.4. The van der Waals surface area contributed by atoms with Crippen LogP contribution in [-0.2, 0) is 14.3 Å². The molecule has 0 amide bonds. The quantitative estimate of drug-likeness (QED) is 0.577. The van der Waals surface area contributed by atoms with Crippen molar-refractivity contribution in [2.45, 2.75) is 32.8 Å². The molecule has 1 saturated carbocycles. The molecule has 0 aromatic heterocycles. The fraction of sp³-hybridized carbons (Fsp3) is 0.900. The first kappa shape index (κ1) is 9.00. The fourth-order valence-corrected chi connectivity index (χ4v) is 1.74. The van der Waals surface area contributed by atoms with Crippen molar-refractivity contribution >= 4 is 5.97 Å². The average molecular weight is 184 g/mol. The maximum atomic E-state index is 11.6. The van der Waals surface area contributed by atoms with E-state index in [-0.39, 0.29) is 22.9 Å². The summed E-state index contributed by atoms with van der Waals surface area (Å²) in [4.78, 5) is 11.6. The summed E-state index contributed by atoms with van der Waals surface area (Å²) in [6, 6.07) is 0. The van der Waals surface area contributed by atoms with Crippen LogP contribution in [0.25, 0.3) is 0 Å². The SMILES string of the molecule is CC(C)(C)OC(=O)C1CC12COC2. The summed E-state index contributed by atoms with van der Waals surface area (Å²) in [6.45, 7) is 7.19. The van der Waals surface area contributed by atoms with E-state index in [0.717, 1.165) is 19.6 Å². The van der Waals surface area contributed by atoms with Gasteiger partial charge in [0, 0.05) is 5.41 Å². The summed E-state index contributed by atoms with van der Waals surface area (Å²) in [5, 5.41) is 0. The lowest BCUT2D eigenvalue weighted by Crippen LogP contribution is -2.35. The predicted octanol–water partition coefficient (Wildman–Crippen LogP) is 1.36. The van der Waals surface area contributed by atoms with E-state index in [2.05, 4.69) is 0 Å². The van der Waals surface area contributed by atoms with Crippen molar-refractivity contribution in [3.05, 3.63) is 0 Å². The predicted molar refractivity (Wildman–Crippen MR) is 47.2 cm³/mol. The monoisotopic (exact) mass is 184 g/mol. The first-order valence-corrected chi connectivity index (χ1v) is 4.74. The van der Waals surface area contributed by atoms with Gasteiger partial charge >= 0.3 is 5.97 Å². The van der Waals surface area contributed by atoms with Gasteiger partial charge in [-0.05, 0) is 27.2 Å². The van der Waals surface area contributed by atoms with Crippen molar-refractivity contribution in [3.8, 4) is 0 Å². The maximum absolute atomic E-state index is 11.6. The highest BCUT2D eigenvalue weighted by atomic mass is 16.6. The third kappa shape index (κ3) is 1.57. The fourth-order valence-electron chi connectivity index (χ4n) is 1.74. The van der Waals surface area contributed by atoms with Crippen LogP contribution < -0.4 is 0 Å². The smallest absolute Gasteiger partial charge is 0.310 e. The lowest BCUT2D eigenvalue weighted by atomic mass is 10.0. The van der Waals surface area contributed by atoms with E-state index in [1.54, 1.807) is 0 Å². The summed E-state index contributed by atoms with van der Waals surface area (Å²) in [5.74, 6) is 0.0660. The first-order chi connectivity index (χ1) is 5.93. The molecule has 1 heterocycles. The lowest BCUT2D eigenvalue weighted by Gasteiger charge is -2.27. The molecule has 0 radical (unpaired) electrons. The number of carbonyl (C=O) groups is 1. The Labute approximate surface area is 78.4 Å². The van der Waals surface area contributed by atoms with Crippen molar-refractivity contribution in [1.29, 1.82) is 0 Å². The number of hydrogen-bond acceptors (Lipinski definition) is 3. The Balaban J connectivity index is 1.86. The van der Waals surface area contributed by atoms with Crippen LogP contribution in [0.1, 0.15) is 27.2 Å². The number of rotatable bonds is 1. The zero-order chi connectivity index (χ0) is 9.69. The van der Waals surface area contributed by atoms with Crippen LogP contribution in [0, 0.1) is 11.3 Å². The molecule has 2 rings (SSSR count). The number of ether oxygens (including phenoxy) is 2. The van der Waals surface area contributed by atoms with Crippen molar-refractivity contribution < 1.29 is 14.3 Å². The van der Waals surface area contributed by atoms with Crippen LogP contribution in [0.3, 0.4) is 0 Å². The molecule has 1 aliphatic carbocycles. The first-order valence-electron chi connectivity index (χ1n) is 4.74. The number of esters is 1. The highest BCUT2D eigenvalue weighted by Crippen LogP contribution is 2.58. The van der Waals surface area contributed by atoms with E-state index in [9.17, 15) is 4.79 Å². The Morgan fingerprint density at radius 2 is 2.08 bits per heavy atom.